The third kappa shape index (κ3) is 5.13. The van der Waals surface area contributed by atoms with E-state index in [-0.39, 0.29) is 0 Å². The number of hydrogen-bond donors (Lipinski definition) is 0. The topological polar surface area (TPSA) is 38.4 Å². The summed E-state index contributed by atoms with van der Waals surface area (Å²) in [6.45, 7) is 0. The Bertz CT molecular complexity index is 3460. The van der Waals surface area contributed by atoms with E-state index in [0.717, 1.165) is 105 Å². The van der Waals surface area contributed by atoms with Gasteiger partial charge in [0.2, 0.25) is 0 Å². The SMILES string of the molecule is O=P1(c2ccccc2)c2ccccc2-c2cc3c(cc21)c1ccccc1n3-c1ccc(-c2ccc(N(c3ccccc3)c3ccc4c(c3)oc3ccccc34)cc2)cc1. The molecule has 1 unspecified atom stereocenters. The molecule has 11 aromatic rings. The normalized spacial score (nSPS) is 14.6. The van der Waals surface area contributed by atoms with Crippen molar-refractivity contribution < 1.29 is 8.98 Å². The van der Waals surface area contributed by atoms with E-state index in [0.29, 0.717) is 0 Å². The molecule has 1 aliphatic heterocycles. The van der Waals surface area contributed by atoms with E-state index in [1.54, 1.807) is 0 Å². The zero-order valence-electron chi connectivity index (χ0n) is 31.9. The van der Waals surface area contributed by atoms with E-state index in [9.17, 15) is 0 Å². The lowest BCUT2D eigenvalue weighted by Crippen LogP contribution is -2.20. The van der Waals surface area contributed by atoms with Crippen LogP contribution in [-0.2, 0) is 4.57 Å². The number of para-hydroxylation sites is 3. The fourth-order valence-electron chi connectivity index (χ4n) is 9.26. The van der Waals surface area contributed by atoms with Crippen LogP contribution in [0.3, 0.4) is 0 Å². The first kappa shape index (κ1) is 33.7. The molecular weight excluding hydrogens is 740 g/mol. The van der Waals surface area contributed by atoms with Gasteiger partial charge in [-0.05, 0) is 95.1 Å². The number of rotatable bonds is 6. The Morgan fingerprint density at radius 1 is 0.407 bits per heavy atom. The summed E-state index contributed by atoms with van der Waals surface area (Å²) in [6.07, 6.45) is 0. The van der Waals surface area contributed by atoms with Crippen molar-refractivity contribution in [1.29, 1.82) is 0 Å². The molecule has 12 rings (SSSR count). The highest BCUT2D eigenvalue weighted by Gasteiger charge is 2.40. The van der Waals surface area contributed by atoms with Crippen molar-refractivity contribution in [1.82, 2.24) is 4.57 Å². The highest BCUT2D eigenvalue weighted by Crippen LogP contribution is 2.53. The van der Waals surface area contributed by atoms with Crippen molar-refractivity contribution in [3.05, 3.63) is 212 Å². The summed E-state index contributed by atoms with van der Waals surface area (Å²) < 4.78 is 24.0. The van der Waals surface area contributed by atoms with E-state index < -0.39 is 7.14 Å². The Balaban J connectivity index is 0.930. The van der Waals surface area contributed by atoms with E-state index in [1.165, 1.54) is 0 Å². The first-order valence-corrected chi connectivity index (χ1v) is 21.6. The zero-order chi connectivity index (χ0) is 39.1. The molecule has 0 spiro atoms. The molecule has 278 valence electrons. The van der Waals surface area contributed by atoms with E-state index in [2.05, 4.69) is 161 Å². The molecule has 1 aliphatic rings. The van der Waals surface area contributed by atoms with E-state index in [4.69, 9.17) is 4.42 Å². The molecular formula is C54H35N2O2P. The van der Waals surface area contributed by atoms with Gasteiger partial charge in [0.1, 0.15) is 11.2 Å². The molecule has 4 nitrogen and oxygen atoms in total. The summed E-state index contributed by atoms with van der Waals surface area (Å²) in [5, 5.41) is 7.18. The van der Waals surface area contributed by atoms with Gasteiger partial charge in [0, 0.05) is 66.3 Å². The first-order chi connectivity index (χ1) is 29.1. The molecule has 3 heterocycles. The Hall–Kier alpha value is -7.39. The molecule has 0 aliphatic carbocycles. The Labute approximate surface area is 341 Å². The second kappa shape index (κ2) is 13.1. The summed E-state index contributed by atoms with van der Waals surface area (Å²) in [4.78, 5) is 2.27. The summed E-state index contributed by atoms with van der Waals surface area (Å²) >= 11 is 0. The van der Waals surface area contributed by atoms with Gasteiger partial charge in [-0.3, -0.25) is 0 Å². The zero-order valence-corrected chi connectivity index (χ0v) is 32.8. The van der Waals surface area contributed by atoms with Crippen LogP contribution in [0.4, 0.5) is 17.1 Å². The number of anilines is 3. The predicted molar refractivity (Wildman–Crippen MR) is 247 cm³/mol. The van der Waals surface area contributed by atoms with E-state index in [1.807, 2.05) is 60.7 Å². The second-order valence-electron chi connectivity index (χ2n) is 15.2. The number of fused-ring (bicyclic) bond motifs is 9. The minimum absolute atomic E-state index is 0.867. The van der Waals surface area contributed by atoms with Crippen LogP contribution in [0.5, 0.6) is 0 Å². The molecule has 59 heavy (non-hydrogen) atoms. The minimum Gasteiger partial charge on any atom is -0.456 e. The monoisotopic (exact) mass is 774 g/mol. The van der Waals surface area contributed by atoms with Gasteiger partial charge in [-0.15, -0.1) is 0 Å². The van der Waals surface area contributed by atoms with Crippen molar-refractivity contribution in [2.24, 2.45) is 0 Å². The Morgan fingerprint density at radius 2 is 1.02 bits per heavy atom. The van der Waals surface area contributed by atoms with Crippen molar-refractivity contribution in [2.45, 2.75) is 0 Å². The van der Waals surface area contributed by atoms with Crippen molar-refractivity contribution >= 4 is 83.9 Å². The number of benzene rings is 9. The molecule has 2 aromatic heterocycles. The molecule has 0 N–H and O–H groups in total. The quantitative estimate of drug-likeness (QED) is 0.158. The summed E-state index contributed by atoms with van der Waals surface area (Å²) in [5.74, 6) is 0. The van der Waals surface area contributed by atoms with Gasteiger partial charge >= 0.3 is 0 Å². The van der Waals surface area contributed by atoms with E-state index >= 15 is 4.57 Å². The van der Waals surface area contributed by atoms with Crippen LogP contribution >= 0.6 is 7.14 Å². The molecule has 0 fully saturated rings. The number of furan rings is 1. The maximum Gasteiger partial charge on any atom is 0.172 e. The maximum absolute atomic E-state index is 15.4. The first-order valence-electron chi connectivity index (χ1n) is 19.9. The van der Waals surface area contributed by atoms with Gasteiger partial charge in [0.05, 0.1) is 11.0 Å². The molecule has 5 heteroatoms. The van der Waals surface area contributed by atoms with Crippen molar-refractivity contribution in [2.75, 3.05) is 4.90 Å². The smallest absolute Gasteiger partial charge is 0.172 e. The lowest BCUT2D eigenvalue weighted by atomic mass is 10.0. The van der Waals surface area contributed by atoms with Crippen LogP contribution in [0, 0.1) is 0 Å². The summed E-state index contributed by atoms with van der Waals surface area (Å²) in [7, 11) is -3.07. The Morgan fingerprint density at radius 3 is 1.81 bits per heavy atom. The van der Waals surface area contributed by atoms with Gasteiger partial charge in [0.25, 0.3) is 0 Å². The molecule has 0 amide bonds. The minimum atomic E-state index is -3.07. The lowest BCUT2D eigenvalue weighted by Gasteiger charge is -2.25. The van der Waals surface area contributed by atoms with Crippen LogP contribution in [0.2, 0.25) is 0 Å². The standard InChI is InChI=1S/C54H35N2O2P/c57-59(42-15-5-2-6-16-42)53-22-12-9-19-46(53)48-34-50-47(35-54(48)59)43-17-7-10-20-49(43)56(50)40-29-25-37(26-30-40)36-23-27-39(28-24-36)55(38-13-3-1-4-14-38)41-31-32-45-44-18-8-11-21-51(44)58-52(45)33-41/h1-35H. The molecule has 9 aromatic carbocycles. The van der Waals surface area contributed by atoms with Crippen LogP contribution in [0.1, 0.15) is 0 Å². The fraction of sp³-hybridized carbons (Fsp3) is 0. The average Bonchev–Trinajstić information content (AvgIpc) is 3.92. The molecule has 0 radical (unpaired) electrons. The highest BCUT2D eigenvalue weighted by atomic mass is 31.2. The molecule has 0 bridgehead atoms. The fourth-order valence-corrected chi connectivity index (χ4v) is 12.3. The number of nitrogens with zero attached hydrogens (tertiary/aromatic N) is 2. The average molecular weight is 775 g/mol. The van der Waals surface area contributed by atoms with Gasteiger partial charge in [-0.1, -0.05) is 133 Å². The van der Waals surface area contributed by atoms with Gasteiger partial charge in [-0.2, -0.15) is 0 Å². The molecule has 0 saturated heterocycles. The largest absolute Gasteiger partial charge is 0.456 e. The van der Waals surface area contributed by atoms with Crippen LogP contribution in [0.15, 0.2) is 217 Å². The number of hydrogen-bond acceptors (Lipinski definition) is 3. The van der Waals surface area contributed by atoms with Gasteiger partial charge in [0.15, 0.2) is 7.14 Å². The predicted octanol–water partition coefficient (Wildman–Crippen LogP) is 13.4. The van der Waals surface area contributed by atoms with Crippen LogP contribution in [0.25, 0.3) is 71.7 Å². The second-order valence-corrected chi connectivity index (χ2v) is 17.9. The third-order valence-electron chi connectivity index (χ3n) is 12.0. The summed E-state index contributed by atoms with van der Waals surface area (Å²) in [6, 6.07) is 74.0. The molecule has 1 atom stereocenters. The maximum atomic E-state index is 15.4. The highest BCUT2D eigenvalue weighted by molar-refractivity contribution is 7.86. The van der Waals surface area contributed by atoms with Crippen molar-refractivity contribution in [3.8, 4) is 27.9 Å². The third-order valence-corrected chi connectivity index (χ3v) is 15.1. The number of aromatic nitrogens is 1. The molecule has 0 saturated carbocycles. The van der Waals surface area contributed by atoms with Crippen LogP contribution in [-0.4, -0.2) is 4.57 Å². The Kier molecular flexibility index (Phi) is 7.47. The van der Waals surface area contributed by atoms with Gasteiger partial charge < -0.3 is 18.4 Å². The van der Waals surface area contributed by atoms with Crippen LogP contribution < -0.4 is 20.8 Å². The van der Waals surface area contributed by atoms with Gasteiger partial charge in [-0.25, -0.2) is 0 Å². The summed E-state index contributed by atoms with van der Waals surface area (Å²) in [5.41, 5.74) is 12.6. The lowest BCUT2D eigenvalue weighted by molar-refractivity contribution is 0.593. The van der Waals surface area contributed by atoms with Crippen molar-refractivity contribution in [3.63, 3.8) is 0 Å².